The highest BCUT2D eigenvalue weighted by molar-refractivity contribution is 5.60. The Morgan fingerprint density at radius 2 is 2.00 bits per heavy atom. The van der Waals surface area contributed by atoms with Crippen LogP contribution in [0.15, 0.2) is 42.5 Å². The number of nitriles is 1. The molecule has 5 nitrogen and oxygen atoms in total. The van der Waals surface area contributed by atoms with Gasteiger partial charge in [0.25, 0.3) is 0 Å². The van der Waals surface area contributed by atoms with Crippen molar-refractivity contribution in [2.75, 3.05) is 25.5 Å². The van der Waals surface area contributed by atoms with Crippen LogP contribution >= 0.6 is 0 Å². The molecule has 5 heteroatoms. The molecule has 0 aliphatic carbocycles. The summed E-state index contributed by atoms with van der Waals surface area (Å²) in [6.45, 7) is 1.92. The molecular formula is C19H21N3O2. The molecule has 1 aliphatic heterocycles. The number of ether oxygens (including phenoxy) is 2. The molecule has 0 spiro atoms. The van der Waals surface area contributed by atoms with Gasteiger partial charge in [-0.2, -0.15) is 5.26 Å². The molecule has 2 aromatic carbocycles. The fraction of sp³-hybridized carbons (Fsp3) is 0.316. The summed E-state index contributed by atoms with van der Waals surface area (Å²) >= 11 is 0. The summed E-state index contributed by atoms with van der Waals surface area (Å²) in [5.74, 6) is 2.13. The Labute approximate surface area is 142 Å². The number of nitrogens with one attached hydrogen (secondary N) is 2. The molecule has 2 aromatic rings. The van der Waals surface area contributed by atoms with Crippen LogP contribution in [-0.4, -0.2) is 26.2 Å². The van der Waals surface area contributed by atoms with E-state index in [1.54, 1.807) is 19.2 Å². The molecule has 3 rings (SSSR count). The third-order valence-electron chi connectivity index (χ3n) is 4.10. The lowest BCUT2D eigenvalue weighted by molar-refractivity contribution is 0.413. The molecule has 0 amide bonds. The molecule has 0 bridgehead atoms. The fourth-order valence-electron chi connectivity index (χ4n) is 2.76. The van der Waals surface area contributed by atoms with E-state index in [1.165, 1.54) is 12.8 Å². The number of methoxy groups -OCH3 is 1. The van der Waals surface area contributed by atoms with Gasteiger partial charge in [0.15, 0.2) is 5.75 Å². The third-order valence-corrected chi connectivity index (χ3v) is 4.10. The van der Waals surface area contributed by atoms with Crippen LogP contribution in [0.2, 0.25) is 0 Å². The van der Waals surface area contributed by atoms with Crippen LogP contribution in [0.3, 0.4) is 0 Å². The first kappa shape index (κ1) is 16.2. The van der Waals surface area contributed by atoms with Crippen LogP contribution in [-0.2, 0) is 0 Å². The van der Waals surface area contributed by atoms with Crippen LogP contribution in [0.4, 0.5) is 5.69 Å². The number of nitrogens with zero attached hydrogens (tertiary/aromatic N) is 1. The number of anilines is 1. The minimum Gasteiger partial charge on any atom is -0.497 e. The first-order valence-electron chi connectivity index (χ1n) is 8.12. The molecule has 0 saturated carbocycles. The zero-order valence-corrected chi connectivity index (χ0v) is 13.7. The Hall–Kier alpha value is -2.71. The van der Waals surface area contributed by atoms with Crippen molar-refractivity contribution in [2.45, 2.75) is 18.9 Å². The van der Waals surface area contributed by atoms with Crippen molar-refractivity contribution in [3.63, 3.8) is 0 Å². The van der Waals surface area contributed by atoms with E-state index in [2.05, 4.69) is 16.7 Å². The van der Waals surface area contributed by atoms with Crippen molar-refractivity contribution in [3.8, 4) is 23.3 Å². The molecule has 1 saturated heterocycles. The van der Waals surface area contributed by atoms with Gasteiger partial charge in [-0.25, -0.2) is 0 Å². The average molecular weight is 323 g/mol. The van der Waals surface area contributed by atoms with Gasteiger partial charge in [-0.15, -0.1) is 0 Å². The van der Waals surface area contributed by atoms with Crippen LogP contribution in [0.25, 0.3) is 0 Å². The molecule has 1 heterocycles. The Morgan fingerprint density at radius 3 is 2.67 bits per heavy atom. The summed E-state index contributed by atoms with van der Waals surface area (Å²) in [6, 6.07) is 15.5. The van der Waals surface area contributed by atoms with E-state index in [4.69, 9.17) is 14.7 Å². The monoisotopic (exact) mass is 323 g/mol. The zero-order chi connectivity index (χ0) is 16.8. The maximum absolute atomic E-state index is 9.14. The van der Waals surface area contributed by atoms with Crippen LogP contribution in [0, 0.1) is 11.3 Å². The molecule has 0 radical (unpaired) electrons. The first-order chi connectivity index (χ1) is 11.8. The van der Waals surface area contributed by atoms with Crippen molar-refractivity contribution in [2.24, 2.45) is 0 Å². The van der Waals surface area contributed by atoms with Gasteiger partial charge >= 0.3 is 0 Å². The highest BCUT2D eigenvalue weighted by atomic mass is 16.5. The van der Waals surface area contributed by atoms with E-state index in [-0.39, 0.29) is 0 Å². The van der Waals surface area contributed by atoms with Crippen LogP contribution < -0.4 is 20.1 Å². The van der Waals surface area contributed by atoms with Gasteiger partial charge in [-0.3, -0.25) is 0 Å². The summed E-state index contributed by atoms with van der Waals surface area (Å²) in [5.41, 5.74) is 1.46. The van der Waals surface area contributed by atoms with Gasteiger partial charge in [0.2, 0.25) is 0 Å². The van der Waals surface area contributed by atoms with Crippen LogP contribution in [0.1, 0.15) is 18.4 Å². The van der Waals surface area contributed by atoms with Crippen molar-refractivity contribution in [1.82, 2.24) is 5.32 Å². The van der Waals surface area contributed by atoms with Crippen LogP contribution in [0.5, 0.6) is 17.2 Å². The van der Waals surface area contributed by atoms with E-state index in [9.17, 15) is 0 Å². The maximum Gasteiger partial charge on any atom is 0.151 e. The number of rotatable bonds is 6. The predicted molar refractivity (Wildman–Crippen MR) is 93.7 cm³/mol. The van der Waals surface area contributed by atoms with Crippen molar-refractivity contribution < 1.29 is 9.47 Å². The van der Waals surface area contributed by atoms with Crippen molar-refractivity contribution in [1.29, 1.82) is 5.26 Å². The molecule has 2 N–H and O–H groups in total. The summed E-state index contributed by atoms with van der Waals surface area (Å²) < 4.78 is 11.1. The maximum atomic E-state index is 9.14. The summed E-state index contributed by atoms with van der Waals surface area (Å²) in [6.07, 6.45) is 2.40. The normalized spacial score (nSPS) is 16.4. The van der Waals surface area contributed by atoms with Gasteiger partial charge in [-0.1, -0.05) is 0 Å². The molecule has 1 atom stereocenters. The Kier molecular flexibility index (Phi) is 5.19. The predicted octanol–water partition coefficient (Wildman–Crippen LogP) is 3.52. The molecule has 24 heavy (non-hydrogen) atoms. The van der Waals surface area contributed by atoms with E-state index in [1.807, 2.05) is 30.3 Å². The second-order valence-corrected chi connectivity index (χ2v) is 5.77. The lowest BCUT2D eigenvalue weighted by Crippen LogP contribution is -2.29. The summed E-state index contributed by atoms with van der Waals surface area (Å²) in [7, 11) is 1.63. The highest BCUT2D eigenvalue weighted by Crippen LogP contribution is 2.31. The lowest BCUT2D eigenvalue weighted by Gasteiger charge is -2.16. The Balaban J connectivity index is 1.76. The molecule has 124 valence electrons. The van der Waals surface area contributed by atoms with Gasteiger partial charge in [0, 0.05) is 18.7 Å². The zero-order valence-electron chi connectivity index (χ0n) is 13.7. The third kappa shape index (κ3) is 3.98. The van der Waals surface area contributed by atoms with E-state index >= 15 is 0 Å². The number of hydrogen-bond acceptors (Lipinski definition) is 5. The molecule has 1 aliphatic rings. The second-order valence-electron chi connectivity index (χ2n) is 5.77. The summed E-state index contributed by atoms with van der Waals surface area (Å²) in [5, 5.41) is 16.0. The first-order valence-corrected chi connectivity index (χ1v) is 8.12. The van der Waals surface area contributed by atoms with E-state index < -0.39 is 0 Å². The number of benzene rings is 2. The van der Waals surface area contributed by atoms with E-state index in [0.717, 1.165) is 24.5 Å². The largest absolute Gasteiger partial charge is 0.497 e. The molecule has 1 fully saturated rings. The lowest BCUT2D eigenvalue weighted by atomic mass is 10.2. The molecule has 0 unspecified atom stereocenters. The topological polar surface area (TPSA) is 66.3 Å². The molecular weight excluding hydrogens is 302 g/mol. The van der Waals surface area contributed by atoms with E-state index in [0.29, 0.717) is 23.1 Å². The van der Waals surface area contributed by atoms with Gasteiger partial charge in [0.1, 0.15) is 11.5 Å². The smallest absolute Gasteiger partial charge is 0.151 e. The Morgan fingerprint density at radius 1 is 1.21 bits per heavy atom. The standard InChI is InChI=1S/C19H21N3O2/c1-23-16-5-7-17(8-6-16)24-19-11-14(12-20)4-9-18(19)22-13-15-3-2-10-21-15/h4-9,11,15,21-22H,2-3,10,13H2,1H3/t15-/m0/s1. The summed E-state index contributed by atoms with van der Waals surface area (Å²) in [4.78, 5) is 0. The number of hydrogen-bond donors (Lipinski definition) is 2. The second kappa shape index (κ2) is 7.71. The van der Waals surface area contributed by atoms with Crippen molar-refractivity contribution in [3.05, 3.63) is 48.0 Å². The quantitative estimate of drug-likeness (QED) is 0.851. The van der Waals surface area contributed by atoms with Crippen molar-refractivity contribution >= 4 is 5.69 Å². The van der Waals surface area contributed by atoms with Gasteiger partial charge in [0.05, 0.1) is 24.4 Å². The minimum atomic E-state index is 0.481. The average Bonchev–Trinajstić information content (AvgIpc) is 3.15. The van der Waals surface area contributed by atoms with Gasteiger partial charge < -0.3 is 20.1 Å². The minimum absolute atomic E-state index is 0.481. The Bertz CT molecular complexity index is 716. The fourth-order valence-corrected chi connectivity index (χ4v) is 2.76. The van der Waals surface area contributed by atoms with Gasteiger partial charge in [-0.05, 0) is 55.8 Å². The highest BCUT2D eigenvalue weighted by Gasteiger charge is 2.15. The molecule has 0 aromatic heterocycles. The SMILES string of the molecule is COc1ccc(Oc2cc(C#N)ccc2NC[C@@H]2CCCN2)cc1.